The molecule has 8 heteroatoms. The molecule has 0 unspecified atom stereocenters. The first-order valence-corrected chi connectivity index (χ1v) is 17.7. The zero-order chi connectivity index (χ0) is 36.2. The fourth-order valence-electron chi connectivity index (χ4n) is 5.33. The van der Waals surface area contributed by atoms with E-state index in [1.54, 1.807) is 30.3 Å². The minimum Gasteiger partial charge on any atom is -0.478 e. The minimum atomic E-state index is -1.17. The molecule has 48 heavy (non-hydrogen) atoms. The number of hydrogen-bond donors (Lipinski definition) is 2. The van der Waals surface area contributed by atoms with Crippen molar-refractivity contribution in [1.29, 1.82) is 0 Å². The molecule has 2 aromatic rings. The van der Waals surface area contributed by atoms with Gasteiger partial charge in [0.1, 0.15) is 0 Å². The average Bonchev–Trinajstić information content (AvgIpc) is 3.01. The van der Waals surface area contributed by atoms with Crippen LogP contribution in [0.2, 0.25) is 0 Å². The summed E-state index contributed by atoms with van der Waals surface area (Å²) in [5.74, 6) is -0.934. The van der Waals surface area contributed by atoms with E-state index in [1.807, 2.05) is 0 Å². The lowest BCUT2D eigenvalue weighted by molar-refractivity contribution is 0.0447. The van der Waals surface area contributed by atoms with Gasteiger partial charge >= 0.3 is 23.9 Å². The summed E-state index contributed by atoms with van der Waals surface area (Å²) in [5, 5.41) is 18.9. The van der Waals surface area contributed by atoms with E-state index in [9.17, 15) is 29.4 Å². The number of rotatable bonds is 20. The first-order chi connectivity index (χ1) is 22.6. The van der Waals surface area contributed by atoms with Gasteiger partial charge in [-0.05, 0) is 104 Å². The van der Waals surface area contributed by atoms with Gasteiger partial charge in [0.15, 0.2) is 0 Å². The van der Waals surface area contributed by atoms with Gasteiger partial charge < -0.3 is 19.7 Å². The molecule has 0 amide bonds. The second-order valence-electron chi connectivity index (χ2n) is 14.2. The molecule has 8 nitrogen and oxygen atoms in total. The molecular weight excluding hydrogens is 608 g/mol. The Hall–Kier alpha value is -3.68. The normalized spacial score (nSPS) is 11.1. The molecule has 2 aromatic carbocycles. The van der Waals surface area contributed by atoms with Crippen LogP contribution in [-0.2, 0) is 22.3 Å². The Labute approximate surface area is 288 Å². The molecule has 0 heterocycles. The van der Waals surface area contributed by atoms with E-state index in [4.69, 9.17) is 9.47 Å². The Bertz CT molecular complexity index is 1250. The number of carbonyl (C=O) groups is 4. The van der Waals surface area contributed by atoms with Gasteiger partial charge in [-0.25, -0.2) is 19.2 Å². The number of carboxylic acids is 2. The van der Waals surface area contributed by atoms with Crippen LogP contribution in [0, 0.1) is 23.7 Å². The third-order valence-electron chi connectivity index (χ3n) is 7.97. The highest BCUT2D eigenvalue weighted by atomic mass is 16.5. The van der Waals surface area contributed by atoms with Crippen molar-refractivity contribution in [2.24, 2.45) is 23.7 Å². The topological polar surface area (TPSA) is 127 Å². The van der Waals surface area contributed by atoms with Crippen LogP contribution in [-0.4, -0.2) is 47.3 Å². The second kappa shape index (κ2) is 22.8. The summed E-state index contributed by atoms with van der Waals surface area (Å²) >= 11 is 0. The maximum absolute atomic E-state index is 12.2. The first-order valence-electron chi connectivity index (χ1n) is 17.7. The molecule has 2 N–H and O–H groups in total. The molecule has 268 valence electrons. The monoisotopic (exact) mass is 668 g/mol. The van der Waals surface area contributed by atoms with Crippen LogP contribution in [0.3, 0.4) is 0 Å². The number of carboxylic acid groups (broad SMARTS) is 2. The lowest BCUT2D eigenvalue weighted by atomic mass is 9.88. The van der Waals surface area contributed by atoms with Gasteiger partial charge in [-0.3, -0.25) is 0 Å². The zero-order valence-corrected chi connectivity index (χ0v) is 30.6. The minimum absolute atomic E-state index is 0.0201. The maximum atomic E-state index is 12.2. The quantitative estimate of drug-likeness (QED) is 0.105. The third kappa shape index (κ3) is 16.4. The van der Waals surface area contributed by atoms with Crippen molar-refractivity contribution >= 4 is 23.9 Å². The SMILES string of the molecule is CC(C)CCCOC(=O)c1ccccc1C(=O)OCCCC(C)C.CC(C)CCCc1ccc(C(=O)O)c(C(=O)O)c1CCCC(C)C. The molecular formula is C40H60O8. The Balaban J connectivity index is 0.000000480. The van der Waals surface area contributed by atoms with Crippen LogP contribution in [0.15, 0.2) is 36.4 Å². The molecule has 0 aliphatic rings. The van der Waals surface area contributed by atoms with Gasteiger partial charge in [0.05, 0.1) is 35.5 Å². The Morgan fingerprint density at radius 3 is 1.35 bits per heavy atom. The van der Waals surface area contributed by atoms with Gasteiger partial charge in [-0.1, -0.05) is 86.4 Å². The van der Waals surface area contributed by atoms with Crippen molar-refractivity contribution in [1.82, 2.24) is 0 Å². The van der Waals surface area contributed by atoms with Crippen LogP contribution >= 0.6 is 0 Å². The standard InChI is InChI=1S/2C20H30O4/c1-13(2)7-5-9-15-11-12-17(19(21)22)18(20(23)24)16(15)10-6-8-14(3)4;1-15(2)9-7-13-23-19(21)17-11-5-6-12-18(17)20(22)24-14-8-10-16(3)4/h11-14H,5-10H2,1-4H3,(H,21,22)(H,23,24);5-6,11-12,15-16H,7-10,13-14H2,1-4H3. The molecule has 0 radical (unpaired) electrons. The Kier molecular flexibility index (Phi) is 20.1. The largest absolute Gasteiger partial charge is 0.478 e. The van der Waals surface area contributed by atoms with Gasteiger partial charge in [-0.15, -0.1) is 0 Å². The molecule has 0 aliphatic carbocycles. The predicted octanol–water partition coefficient (Wildman–Crippen LogP) is 9.91. The summed E-state index contributed by atoms with van der Waals surface area (Å²) in [5.41, 5.74) is 2.13. The highest BCUT2D eigenvalue weighted by Crippen LogP contribution is 2.25. The second-order valence-corrected chi connectivity index (χ2v) is 14.2. The van der Waals surface area contributed by atoms with E-state index in [1.165, 1.54) is 6.07 Å². The zero-order valence-electron chi connectivity index (χ0n) is 30.6. The van der Waals surface area contributed by atoms with Crippen molar-refractivity contribution in [2.75, 3.05) is 13.2 Å². The molecule has 0 saturated carbocycles. The lowest BCUT2D eigenvalue weighted by Gasteiger charge is -2.16. The number of ether oxygens (including phenoxy) is 2. The molecule has 0 spiro atoms. The van der Waals surface area contributed by atoms with Gasteiger partial charge in [0.25, 0.3) is 0 Å². The number of aromatic carboxylic acids is 2. The fourth-order valence-corrected chi connectivity index (χ4v) is 5.33. The van der Waals surface area contributed by atoms with Crippen LogP contribution in [0.25, 0.3) is 0 Å². The van der Waals surface area contributed by atoms with Crippen LogP contribution < -0.4 is 0 Å². The number of aryl methyl sites for hydroxylation is 1. The summed E-state index contributed by atoms with van der Waals surface area (Å²) in [4.78, 5) is 47.5. The summed E-state index contributed by atoms with van der Waals surface area (Å²) < 4.78 is 10.6. The molecule has 0 bridgehead atoms. The highest BCUT2D eigenvalue weighted by molar-refractivity contribution is 6.03. The third-order valence-corrected chi connectivity index (χ3v) is 7.97. The van der Waals surface area contributed by atoms with Gasteiger partial charge in [-0.2, -0.15) is 0 Å². The van der Waals surface area contributed by atoms with Crippen LogP contribution in [0.4, 0.5) is 0 Å². The van der Waals surface area contributed by atoms with E-state index in [-0.39, 0.29) is 22.3 Å². The number of benzene rings is 2. The van der Waals surface area contributed by atoms with E-state index < -0.39 is 23.9 Å². The smallest absolute Gasteiger partial charge is 0.339 e. The van der Waals surface area contributed by atoms with E-state index >= 15 is 0 Å². The van der Waals surface area contributed by atoms with Crippen molar-refractivity contribution in [3.8, 4) is 0 Å². The predicted molar refractivity (Wildman–Crippen MR) is 191 cm³/mol. The molecule has 0 atom stereocenters. The summed E-state index contributed by atoms with van der Waals surface area (Å²) in [7, 11) is 0. The van der Waals surface area contributed by atoms with Gasteiger partial charge in [0.2, 0.25) is 0 Å². The number of hydrogen-bond acceptors (Lipinski definition) is 6. The Morgan fingerprint density at radius 1 is 0.542 bits per heavy atom. The number of esters is 2. The van der Waals surface area contributed by atoms with Crippen molar-refractivity contribution in [2.45, 2.75) is 120 Å². The van der Waals surface area contributed by atoms with Crippen molar-refractivity contribution in [3.05, 3.63) is 69.8 Å². The van der Waals surface area contributed by atoms with Crippen molar-refractivity contribution < 1.29 is 38.9 Å². The van der Waals surface area contributed by atoms with Crippen LogP contribution in [0.5, 0.6) is 0 Å². The van der Waals surface area contributed by atoms with E-state index in [0.717, 1.165) is 63.4 Å². The maximum Gasteiger partial charge on any atom is 0.339 e. The highest BCUT2D eigenvalue weighted by Gasteiger charge is 2.23. The van der Waals surface area contributed by atoms with E-state index in [2.05, 4.69) is 55.4 Å². The van der Waals surface area contributed by atoms with Crippen LogP contribution in [0.1, 0.15) is 159 Å². The molecule has 2 rings (SSSR count). The molecule has 0 saturated heterocycles. The van der Waals surface area contributed by atoms with Crippen molar-refractivity contribution in [3.63, 3.8) is 0 Å². The first kappa shape index (κ1) is 42.3. The summed E-state index contributed by atoms with van der Waals surface area (Å²) in [6.45, 7) is 17.9. The molecule has 0 aromatic heterocycles. The lowest BCUT2D eigenvalue weighted by Crippen LogP contribution is -2.15. The fraction of sp³-hybridized carbons (Fsp3) is 0.600. The summed E-state index contributed by atoms with van der Waals surface area (Å²) in [6.07, 6.45) is 9.03. The summed E-state index contributed by atoms with van der Waals surface area (Å²) in [6, 6.07) is 9.91. The number of carbonyl (C=O) groups excluding carboxylic acids is 2. The molecule has 0 fully saturated rings. The average molecular weight is 669 g/mol. The molecule has 0 aliphatic heterocycles. The van der Waals surface area contributed by atoms with Gasteiger partial charge in [0, 0.05) is 0 Å². The van der Waals surface area contributed by atoms with E-state index in [0.29, 0.717) is 48.9 Å². The Morgan fingerprint density at radius 2 is 0.958 bits per heavy atom.